The lowest BCUT2D eigenvalue weighted by atomic mass is 9.95. The van der Waals surface area contributed by atoms with Gasteiger partial charge in [-0.05, 0) is 71.0 Å². The molecule has 0 aromatic rings. The number of carboxylic acids is 1. The van der Waals surface area contributed by atoms with E-state index in [2.05, 4.69) is 24.1 Å². The van der Waals surface area contributed by atoms with Crippen LogP contribution in [-0.2, 0) is 4.79 Å². The Hall–Kier alpha value is -0.610. The van der Waals surface area contributed by atoms with Crippen LogP contribution < -0.4 is 5.32 Å². The van der Waals surface area contributed by atoms with E-state index in [1.54, 1.807) is 0 Å². The Morgan fingerprint density at radius 1 is 1.30 bits per heavy atom. The van der Waals surface area contributed by atoms with Crippen LogP contribution in [0, 0.1) is 5.92 Å². The van der Waals surface area contributed by atoms with E-state index in [0.29, 0.717) is 6.42 Å². The van der Waals surface area contributed by atoms with E-state index in [1.165, 1.54) is 25.8 Å². The molecule has 1 fully saturated rings. The van der Waals surface area contributed by atoms with Crippen LogP contribution in [-0.4, -0.2) is 47.7 Å². The van der Waals surface area contributed by atoms with Crippen LogP contribution in [0.15, 0.2) is 0 Å². The van der Waals surface area contributed by atoms with E-state index in [9.17, 15) is 9.90 Å². The maximum Gasteiger partial charge on any atom is 0.323 e. The first kappa shape index (κ1) is 17.4. The molecule has 0 saturated heterocycles. The molecule has 0 heterocycles. The lowest BCUT2D eigenvalue weighted by Gasteiger charge is -2.28. The molecule has 0 bridgehead atoms. The molecule has 0 radical (unpaired) electrons. The van der Waals surface area contributed by atoms with Crippen molar-refractivity contribution < 1.29 is 9.90 Å². The summed E-state index contributed by atoms with van der Waals surface area (Å²) >= 11 is 0. The highest BCUT2D eigenvalue weighted by molar-refractivity contribution is 5.78. The SMILES string of the molecule is CCCNC(C)(CCCN(CCC)CC1CC1)C(=O)O. The fourth-order valence-electron chi connectivity index (χ4n) is 2.60. The Kier molecular flexibility index (Phi) is 7.52. The van der Waals surface area contributed by atoms with Crippen molar-refractivity contribution in [1.82, 2.24) is 10.2 Å². The Bertz CT molecular complexity index is 292. The average molecular weight is 284 g/mol. The van der Waals surface area contributed by atoms with Crippen molar-refractivity contribution in [3.05, 3.63) is 0 Å². The molecule has 4 nitrogen and oxygen atoms in total. The highest BCUT2D eigenvalue weighted by Crippen LogP contribution is 2.30. The molecule has 1 rings (SSSR count). The van der Waals surface area contributed by atoms with Crippen LogP contribution in [0.3, 0.4) is 0 Å². The third-order valence-electron chi connectivity index (χ3n) is 4.14. The number of aliphatic carboxylic acids is 1. The minimum Gasteiger partial charge on any atom is -0.480 e. The molecular weight excluding hydrogens is 252 g/mol. The monoisotopic (exact) mass is 284 g/mol. The van der Waals surface area contributed by atoms with Gasteiger partial charge in [-0.25, -0.2) is 0 Å². The van der Waals surface area contributed by atoms with Gasteiger partial charge >= 0.3 is 5.97 Å². The molecule has 1 saturated carbocycles. The first-order valence-electron chi connectivity index (χ1n) is 8.22. The van der Waals surface area contributed by atoms with Gasteiger partial charge in [-0.3, -0.25) is 4.79 Å². The molecule has 0 spiro atoms. The lowest BCUT2D eigenvalue weighted by Crippen LogP contribution is -2.50. The maximum absolute atomic E-state index is 11.4. The van der Waals surface area contributed by atoms with E-state index in [4.69, 9.17) is 0 Å². The zero-order chi connectivity index (χ0) is 15.0. The standard InChI is InChI=1S/C16H32N2O2/c1-4-10-17-16(3,15(19)20)9-6-12-18(11-5-2)13-14-7-8-14/h14,17H,4-13H2,1-3H3,(H,19,20). The van der Waals surface area contributed by atoms with Crippen LogP contribution in [0.2, 0.25) is 0 Å². The first-order chi connectivity index (χ1) is 9.51. The molecule has 4 heteroatoms. The third-order valence-corrected chi connectivity index (χ3v) is 4.14. The van der Waals surface area contributed by atoms with E-state index >= 15 is 0 Å². The summed E-state index contributed by atoms with van der Waals surface area (Å²) in [5.41, 5.74) is -0.770. The number of hydrogen-bond acceptors (Lipinski definition) is 3. The number of carboxylic acid groups (broad SMARTS) is 1. The van der Waals surface area contributed by atoms with Crippen molar-refractivity contribution in [1.29, 1.82) is 0 Å². The molecule has 2 N–H and O–H groups in total. The third kappa shape index (κ3) is 6.23. The lowest BCUT2D eigenvalue weighted by molar-refractivity contribution is -0.144. The van der Waals surface area contributed by atoms with Crippen LogP contribution in [0.4, 0.5) is 0 Å². The predicted molar refractivity (Wildman–Crippen MR) is 83.0 cm³/mol. The van der Waals surface area contributed by atoms with Crippen LogP contribution in [0.25, 0.3) is 0 Å². The van der Waals surface area contributed by atoms with Crippen molar-refractivity contribution in [2.24, 2.45) is 5.92 Å². The first-order valence-corrected chi connectivity index (χ1v) is 8.22. The summed E-state index contributed by atoms with van der Waals surface area (Å²) in [5.74, 6) is 0.181. The Morgan fingerprint density at radius 3 is 2.50 bits per heavy atom. The van der Waals surface area contributed by atoms with E-state index < -0.39 is 11.5 Å². The number of rotatable bonds is 12. The van der Waals surface area contributed by atoms with Gasteiger partial charge in [0.1, 0.15) is 5.54 Å². The molecule has 20 heavy (non-hydrogen) atoms. The summed E-state index contributed by atoms with van der Waals surface area (Å²) in [5, 5.41) is 12.6. The largest absolute Gasteiger partial charge is 0.480 e. The van der Waals surface area contributed by atoms with Gasteiger partial charge in [-0.15, -0.1) is 0 Å². The van der Waals surface area contributed by atoms with E-state index in [1.807, 2.05) is 6.92 Å². The summed E-state index contributed by atoms with van der Waals surface area (Å²) < 4.78 is 0. The number of nitrogens with zero attached hydrogens (tertiary/aromatic N) is 1. The van der Waals surface area contributed by atoms with Crippen LogP contribution >= 0.6 is 0 Å². The quantitative estimate of drug-likeness (QED) is 0.578. The average Bonchev–Trinajstić information content (AvgIpc) is 3.20. The topological polar surface area (TPSA) is 52.6 Å². The summed E-state index contributed by atoms with van der Waals surface area (Å²) in [6.07, 6.45) is 6.55. The van der Waals surface area contributed by atoms with E-state index in [0.717, 1.165) is 38.4 Å². The number of carbonyl (C=O) groups is 1. The van der Waals surface area contributed by atoms with Gasteiger partial charge in [0.05, 0.1) is 0 Å². The van der Waals surface area contributed by atoms with Gasteiger partial charge in [0.25, 0.3) is 0 Å². The molecule has 1 aliphatic carbocycles. The molecule has 1 atom stereocenters. The Balaban J connectivity index is 2.34. The molecule has 0 aromatic carbocycles. The normalized spacial score (nSPS) is 18.2. The fraction of sp³-hybridized carbons (Fsp3) is 0.938. The molecule has 0 amide bonds. The smallest absolute Gasteiger partial charge is 0.323 e. The molecule has 0 aliphatic heterocycles. The Morgan fingerprint density at radius 2 is 2.00 bits per heavy atom. The van der Waals surface area contributed by atoms with Crippen molar-refractivity contribution in [2.45, 2.75) is 64.8 Å². The zero-order valence-corrected chi connectivity index (χ0v) is 13.5. The summed E-state index contributed by atoms with van der Waals surface area (Å²) in [6.45, 7) is 10.2. The van der Waals surface area contributed by atoms with E-state index in [-0.39, 0.29) is 0 Å². The Labute approximate surface area is 123 Å². The highest BCUT2D eigenvalue weighted by Gasteiger charge is 2.32. The number of nitrogens with one attached hydrogen (secondary N) is 1. The van der Waals surface area contributed by atoms with Gasteiger partial charge in [0.2, 0.25) is 0 Å². The van der Waals surface area contributed by atoms with Crippen molar-refractivity contribution in [3.8, 4) is 0 Å². The summed E-state index contributed by atoms with van der Waals surface area (Å²) in [4.78, 5) is 14.0. The highest BCUT2D eigenvalue weighted by atomic mass is 16.4. The summed E-state index contributed by atoms with van der Waals surface area (Å²) in [6, 6.07) is 0. The molecular formula is C16H32N2O2. The van der Waals surface area contributed by atoms with Gasteiger partial charge < -0.3 is 15.3 Å². The second kappa shape index (κ2) is 8.63. The van der Waals surface area contributed by atoms with Crippen LogP contribution in [0.1, 0.15) is 59.3 Å². The van der Waals surface area contributed by atoms with Crippen LogP contribution in [0.5, 0.6) is 0 Å². The molecule has 0 aromatic heterocycles. The maximum atomic E-state index is 11.4. The van der Waals surface area contributed by atoms with Gasteiger partial charge in [-0.2, -0.15) is 0 Å². The molecule has 1 aliphatic rings. The predicted octanol–water partition coefficient (Wildman–Crippen LogP) is 2.73. The molecule has 118 valence electrons. The zero-order valence-electron chi connectivity index (χ0n) is 13.5. The van der Waals surface area contributed by atoms with Gasteiger partial charge in [0.15, 0.2) is 0 Å². The van der Waals surface area contributed by atoms with Crippen molar-refractivity contribution >= 4 is 5.97 Å². The van der Waals surface area contributed by atoms with Crippen molar-refractivity contribution in [3.63, 3.8) is 0 Å². The minimum atomic E-state index is -0.770. The van der Waals surface area contributed by atoms with Gasteiger partial charge in [-0.1, -0.05) is 13.8 Å². The fourth-order valence-corrected chi connectivity index (χ4v) is 2.60. The van der Waals surface area contributed by atoms with Crippen molar-refractivity contribution in [2.75, 3.05) is 26.2 Å². The second-order valence-electron chi connectivity index (χ2n) is 6.41. The molecule has 1 unspecified atom stereocenters. The minimum absolute atomic E-state index is 0.702. The number of hydrogen-bond donors (Lipinski definition) is 2. The summed E-state index contributed by atoms with van der Waals surface area (Å²) in [7, 11) is 0. The van der Waals surface area contributed by atoms with Gasteiger partial charge in [0, 0.05) is 6.54 Å². The second-order valence-corrected chi connectivity index (χ2v) is 6.41.